The maximum absolute atomic E-state index is 6.19. The predicted octanol–water partition coefficient (Wildman–Crippen LogP) is 4.16. The Kier molecular flexibility index (Phi) is 4.10. The first-order chi connectivity index (χ1) is 8.49. The number of anilines is 1. The van der Waals surface area contributed by atoms with Gasteiger partial charge in [0.2, 0.25) is 0 Å². The monoisotopic (exact) mass is 267 g/mol. The molecular weight excluding hydrogens is 246 g/mol. The molecule has 0 bridgehead atoms. The molecule has 0 saturated heterocycles. The van der Waals surface area contributed by atoms with Crippen molar-refractivity contribution in [2.45, 2.75) is 58.9 Å². The molecule has 4 heteroatoms. The van der Waals surface area contributed by atoms with Gasteiger partial charge in [-0.05, 0) is 25.7 Å². The van der Waals surface area contributed by atoms with Crippen molar-refractivity contribution < 1.29 is 0 Å². The zero-order valence-electron chi connectivity index (χ0n) is 11.6. The average Bonchev–Trinajstić information content (AvgIpc) is 2.70. The molecule has 2 atom stereocenters. The number of halogens is 1. The van der Waals surface area contributed by atoms with Gasteiger partial charge in [-0.25, -0.2) is 9.97 Å². The Morgan fingerprint density at radius 1 is 1.28 bits per heavy atom. The maximum atomic E-state index is 6.19. The Morgan fingerprint density at radius 3 is 2.56 bits per heavy atom. The van der Waals surface area contributed by atoms with Gasteiger partial charge in [0.15, 0.2) is 0 Å². The first-order valence-corrected chi connectivity index (χ1v) is 7.17. The third-order valence-electron chi connectivity index (χ3n) is 3.80. The van der Waals surface area contributed by atoms with Crippen LogP contribution >= 0.6 is 11.6 Å². The molecule has 1 aliphatic carbocycles. The van der Waals surface area contributed by atoms with Crippen molar-refractivity contribution >= 4 is 17.4 Å². The maximum Gasteiger partial charge on any atom is 0.137 e. The number of nitrogens with zero attached hydrogens (tertiary/aromatic N) is 2. The van der Waals surface area contributed by atoms with Crippen molar-refractivity contribution in [2.24, 2.45) is 5.92 Å². The lowest BCUT2D eigenvalue weighted by atomic mass is 10.1. The molecule has 1 aromatic rings. The Hall–Kier alpha value is -0.830. The van der Waals surface area contributed by atoms with Crippen LogP contribution in [0.4, 0.5) is 5.82 Å². The topological polar surface area (TPSA) is 37.8 Å². The second-order valence-corrected chi connectivity index (χ2v) is 6.02. The van der Waals surface area contributed by atoms with E-state index in [2.05, 4.69) is 36.1 Å². The Labute approximate surface area is 114 Å². The molecule has 2 unspecified atom stereocenters. The number of hydrogen-bond acceptors (Lipinski definition) is 3. The molecule has 0 radical (unpaired) electrons. The molecule has 1 fully saturated rings. The summed E-state index contributed by atoms with van der Waals surface area (Å²) >= 11 is 6.19. The van der Waals surface area contributed by atoms with Crippen LogP contribution in [0.25, 0.3) is 0 Å². The average molecular weight is 268 g/mol. The van der Waals surface area contributed by atoms with E-state index >= 15 is 0 Å². The van der Waals surface area contributed by atoms with Gasteiger partial charge < -0.3 is 5.32 Å². The lowest BCUT2D eigenvalue weighted by molar-refractivity contribution is 0.553. The molecule has 1 heterocycles. The highest BCUT2D eigenvalue weighted by molar-refractivity contribution is 6.30. The molecule has 1 aliphatic rings. The van der Waals surface area contributed by atoms with E-state index in [1.165, 1.54) is 19.3 Å². The van der Waals surface area contributed by atoms with E-state index in [0.717, 1.165) is 17.2 Å². The molecule has 100 valence electrons. The van der Waals surface area contributed by atoms with Crippen LogP contribution in [-0.2, 0) is 0 Å². The van der Waals surface area contributed by atoms with Crippen LogP contribution in [0.3, 0.4) is 0 Å². The van der Waals surface area contributed by atoms with Crippen molar-refractivity contribution in [3.05, 3.63) is 16.5 Å². The number of aromatic nitrogens is 2. The molecule has 0 aliphatic heterocycles. The van der Waals surface area contributed by atoms with E-state index < -0.39 is 0 Å². The summed E-state index contributed by atoms with van der Waals surface area (Å²) in [5, 5.41) is 4.13. The predicted molar refractivity (Wildman–Crippen MR) is 76.3 cm³/mol. The molecule has 18 heavy (non-hydrogen) atoms. The van der Waals surface area contributed by atoms with Gasteiger partial charge in [0.05, 0.1) is 0 Å². The van der Waals surface area contributed by atoms with E-state index in [1.807, 2.05) is 6.92 Å². The summed E-state index contributed by atoms with van der Waals surface area (Å²) in [5.41, 5.74) is 0.958. The molecule has 0 spiro atoms. The van der Waals surface area contributed by atoms with Gasteiger partial charge in [-0.15, -0.1) is 0 Å². The quantitative estimate of drug-likeness (QED) is 0.836. The van der Waals surface area contributed by atoms with Gasteiger partial charge >= 0.3 is 0 Å². The van der Waals surface area contributed by atoms with Crippen LogP contribution in [0.1, 0.15) is 57.3 Å². The summed E-state index contributed by atoms with van der Waals surface area (Å²) < 4.78 is 0. The third-order valence-corrected chi connectivity index (χ3v) is 4.17. The van der Waals surface area contributed by atoms with Crippen molar-refractivity contribution in [3.8, 4) is 0 Å². The summed E-state index contributed by atoms with van der Waals surface area (Å²) in [4.78, 5) is 8.96. The fourth-order valence-corrected chi connectivity index (χ4v) is 2.62. The van der Waals surface area contributed by atoms with Crippen molar-refractivity contribution in [3.63, 3.8) is 0 Å². The molecule has 1 N–H and O–H groups in total. The largest absolute Gasteiger partial charge is 0.367 e. The SMILES string of the molecule is Cc1c(Cl)nc(C(C)C)nc1NC1CCCC1C. The first kappa shape index (κ1) is 13.6. The molecule has 2 rings (SSSR count). The minimum absolute atomic E-state index is 0.296. The molecule has 3 nitrogen and oxygen atoms in total. The fraction of sp³-hybridized carbons (Fsp3) is 0.714. The fourth-order valence-electron chi connectivity index (χ4n) is 2.44. The van der Waals surface area contributed by atoms with E-state index in [1.54, 1.807) is 0 Å². The first-order valence-electron chi connectivity index (χ1n) is 6.79. The highest BCUT2D eigenvalue weighted by Gasteiger charge is 2.24. The normalized spacial score (nSPS) is 23.7. The highest BCUT2D eigenvalue weighted by atomic mass is 35.5. The molecule has 0 aromatic carbocycles. The van der Waals surface area contributed by atoms with Crippen LogP contribution in [0.2, 0.25) is 5.15 Å². The molecule has 1 aromatic heterocycles. The van der Waals surface area contributed by atoms with Crippen molar-refractivity contribution in [1.29, 1.82) is 0 Å². The molecular formula is C14H22ClN3. The molecule has 1 saturated carbocycles. The van der Waals surface area contributed by atoms with Crippen LogP contribution in [0.5, 0.6) is 0 Å². The standard InChI is InChI=1S/C14H22ClN3/c1-8(2)13-17-12(15)10(4)14(18-13)16-11-7-5-6-9(11)3/h8-9,11H,5-7H2,1-4H3,(H,16,17,18). The zero-order valence-corrected chi connectivity index (χ0v) is 12.4. The van der Waals surface area contributed by atoms with Gasteiger partial charge in [0.1, 0.15) is 16.8 Å². The summed E-state index contributed by atoms with van der Waals surface area (Å²) in [6.45, 7) is 8.45. The summed E-state index contributed by atoms with van der Waals surface area (Å²) in [5.74, 6) is 2.74. The van der Waals surface area contributed by atoms with Crippen LogP contribution in [-0.4, -0.2) is 16.0 Å². The number of hydrogen-bond donors (Lipinski definition) is 1. The van der Waals surface area contributed by atoms with E-state index in [0.29, 0.717) is 23.0 Å². The van der Waals surface area contributed by atoms with Crippen LogP contribution in [0.15, 0.2) is 0 Å². The van der Waals surface area contributed by atoms with Crippen molar-refractivity contribution in [1.82, 2.24) is 9.97 Å². The lowest BCUT2D eigenvalue weighted by Crippen LogP contribution is -2.23. The second-order valence-electron chi connectivity index (χ2n) is 5.66. The summed E-state index contributed by atoms with van der Waals surface area (Å²) in [7, 11) is 0. The van der Waals surface area contributed by atoms with Gasteiger partial charge in [0, 0.05) is 17.5 Å². The summed E-state index contributed by atoms with van der Waals surface area (Å²) in [6.07, 6.45) is 3.82. The zero-order chi connectivity index (χ0) is 13.3. The smallest absolute Gasteiger partial charge is 0.137 e. The van der Waals surface area contributed by atoms with Gasteiger partial charge in [-0.1, -0.05) is 38.8 Å². The van der Waals surface area contributed by atoms with Crippen molar-refractivity contribution in [2.75, 3.05) is 5.32 Å². The van der Waals surface area contributed by atoms with Gasteiger partial charge in [-0.3, -0.25) is 0 Å². The Balaban J connectivity index is 2.25. The second kappa shape index (κ2) is 5.43. The van der Waals surface area contributed by atoms with E-state index in [9.17, 15) is 0 Å². The van der Waals surface area contributed by atoms with Crippen LogP contribution < -0.4 is 5.32 Å². The Morgan fingerprint density at radius 2 is 2.00 bits per heavy atom. The third kappa shape index (κ3) is 2.77. The van der Waals surface area contributed by atoms with Crippen LogP contribution in [0, 0.1) is 12.8 Å². The van der Waals surface area contributed by atoms with E-state index in [4.69, 9.17) is 11.6 Å². The van der Waals surface area contributed by atoms with E-state index in [-0.39, 0.29) is 0 Å². The minimum atomic E-state index is 0.296. The van der Waals surface area contributed by atoms with Gasteiger partial charge in [0.25, 0.3) is 0 Å². The highest BCUT2D eigenvalue weighted by Crippen LogP contribution is 2.30. The molecule has 0 amide bonds. The Bertz CT molecular complexity index is 431. The lowest BCUT2D eigenvalue weighted by Gasteiger charge is -2.20. The van der Waals surface area contributed by atoms with Gasteiger partial charge in [-0.2, -0.15) is 0 Å². The number of rotatable bonds is 3. The minimum Gasteiger partial charge on any atom is -0.367 e. The number of nitrogens with one attached hydrogen (secondary N) is 1. The summed E-state index contributed by atoms with van der Waals surface area (Å²) in [6, 6.07) is 0.523.